The number of halogens is 6. The fourth-order valence-electron chi connectivity index (χ4n) is 4.01. The predicted molar refractivity (Wildman–Crippen MR) is 107 cm³/mol. The van der Waals surface area contributed by atoms with Gasteiger partial charge < -0.3 is 4.90 Å². The first kappa shape index (κ1) is 21.9. The van der Waals surface area contributed by atoms with Crippen LogP contribution in [0.3, 0.4) is 0 Å². The molecule has 0 bridgehead atoms. The van der Waals surface area contributed by atoms with Crippen LogP contribution in [0.15, 0.2) is 57.8 Å². The summed E-state index contributed by atoms with van der Waals surface area (Å²) in [6, 6.07) is 10.5. The van der Waals surface area contributed by atoms with Gasteiger partial charge in [-0.2, -0.15) is 26.3 Å². The van der Waals surface area contributed by atoms with Crippen molar-refractivity contribution in [3.8, 4) is 0 Å². The second kappa shape index (κ2) is 7.96. The first-order chi connectivity index (χ1) is 14.6. The zero-order valence-corrected chi connectivity index (χ0v) is 17.1. The molecule has 0 saturated heterocycles. The second-order valence-electron chi connectivity index (χ2n) is 7.54. The lowest BCUT2D eigenvalue weighted by Crippen LogP contribution is -2.61. The number of hydrogen-bond donors (Lipinski definition) is 0. The summed E-state index contributed by atoms with van der Waals surface area (Å²) >= 11 is 1.05. The highest BCUT2D eigenvalue weighted by Gasteiger charge is 2.74. The monoisotopic (exact) mass is 459 g/mol. The Bertz CT molecular complexity index is 943. The summed E-state index contributed by atoms with van der Waals surface area (Å²) in [7, 11) is 0. The molecule has 0 atom stereocenters. The van der Waals surface area contributed by atoms with Crippen LogP contribution in [0.25, 0.3) is 0 Å². The van der Waals surface area contributed by atoms with Gasteiger partial charge in [-0.1, -0.05) is 55.7 Å². The molecule has 1 saturated carbocycles. The molecule has 10 heteroatoms. The molecule has 1 aliphatic heterocycles. The van der Waals surface area contributed by atoms with Crippen molar-refractivity contribution in [3.05, 3.63) is 58.3 Å². The van der Waals surface area contributed by atoms with E-state index in [4.69, 9.17) is 0 Å². The zero-order valence-electron chi connectivity index (χ0n) is 16.2. The molecule has 0 unspecified atom stereocenters. The minimum Gasteiger partial charge on any atom is -0.307 e. The van der Waals surface area contributed by atoms with Gasteiger partial charge in [0.2, 0.25) is 0 Å². The number of thiophene rings is 1. The van der Waals surface area contributed by atoms with Crippen LogP contribution in [0.2, 0.25) is 0 Å². The maximum Gasteiger partial charge on any atom is 0.443 e. The summed E-state index contributed by atoms with van der Waals surface area (Å²) in [6.07, 6.45) is -7.58. The van der Waals surface area contributed by atoms with E-state index >= 15 is 0 Å². The number of hydrogen-bond acceptors (Lipinski definition) is 4. The van der Waals surface area contributed by atoms with Crippen LogP contribution in [0.1, 0.15) is 42.5 Å². The van der Waals surface area contributed by atoms with E-state index in [0.29, 0.717) is 12.8 Å². The summed E-state index contributed by atoms with van der Waals surface area (Å²) < 4.78 is 84.1. The molecule has 0 radical (unpaired) electrons. The third-order valence-electron chi connectivity index (χ3n) is 5.50. The Morgan fingerprint density at radius 1 is 0.806 bits per heavy atom. The highest BCUT2D eigenvalue weighted by molar-refractivity contribution is 7.12. The normalized spacial score (nSPS) is 20.4. The van der Waals surface area contributed by atoms with Gasteiger partial charge in [0.1, 0.15) is 11.7 Å². The van der Waals surface area contributed by atoms with Gasteiger partial charge in [0.05, 0.1) is 4.88 Å². The quantitative estimate of drug-likeness (QED) is 0.488. The van der Waals surface area contributed by atoms with Crippen LogP contribution in [-0.2, 0) is 0 Å². The molecule has 1 aromatic carbocycles. The molecule has 2 aromatic rings. The van der Waals surface area contributed by atoms with Crippen molar-refractivity contribution in [2.45, 2.75) is 56.2 Å². The first-order valence-corrected chi connectivity index (χ1v) is 10.7. The average molecular weight is 459 g/mol. The van der Waals surface area contributed by atoms with Crippen molar-refractivity contribution in [3.63, 3.8) is 0 Å². The molecular formula is C21H19F6N3S. The Labute approximate surface area is 179 Å². The zero-order chi connectivity index (χ0) is 22.3. The maximum absolute atomic E-state index is 14.0. The molecular weight excluding hydrogens is 440 g/mol. The highest BCUT2D eigenvalue weighted by Crippen LogP contribution is 2.50. The molecule has 2 aliphatic rings. The van der Waals surface area contributed by atoms with Gasteiger partial charge in [-0.25, -0.2) is 9.98 Å². The molecule has 166 valence electrons. The molecule has 1 aromatic heterocycles. The smallest absolute Gasteiger partial charge is 0.307 e. The van der Waals surface area contributed by atoms with Gasteiger partial charge in [-0.05, 0) is 24.3 Å². The van der Waals surface area contributed by atoms with E-state index in [9.17, 15) is 26.3 Å². The number of rotatable bonds is 3. The lowest BCUT2D eigenvalue weighted by atomic mass is 9.92. The molecule has 0 amide bonds. The number of nitrogens with zero attached hydrogens (tertiary/aromatic N) is 3. The van der Waals surface area contributed by atoms with E-state index in [1.165, 1.54) is 23.1 Å². The number of aliphatic imine (C=N–C) groups is 2. The summed E-state index contributed by atoms with van der Waals surface area (Å²) in [4.78, 5) is 8.44. The fraction of sp³-hybridized carbons (Fsp3) is 0.429. The summed E-state index contributed by atoms with van der Waals surface area (Å²) in [6.45, 7) is 0. The van der Waals surface area contributed by atoms with Crippen molar-refractivity contribution in [1.29, 1.82) is 0 Å². The van der Waals surface area contributed by atoms with Gasteiger partial charge in [-0.15, -0.1) is 11.3 Å². The van der Waals surface area contributed by atoms with E-state index in [1.807, 2.05) is 0 Å². The van der Waals surface area contributed by atoms with E-state index in [2.05, 4.69) is 9.98 Å². The van der Waals surface area contributed by atoms with Gasteiger partial charge in [0, 0.05) is 11.6 Å². The second-order valence-corrected chi connectivity index (χ2v) is 8.49. The minimum atomic E-state index is -5.76. The van der Waals surface area contributed by atoms with Gasteiger partial charge in [0.25, 0.3) is 0 Å². The number of amidine groups is 2. The van der Waals surface area contributed by atoms with Gasteiger partial charge in [-0.3, -0.25) is 0 Å². The largest absolute Gasteiger partial charge is 0.443 e. The van der Waals surface area contributed by atoms with Crippen molar-refractivity contribution >= 4 is 23.0 Å². The topological polar surface area (TPSA) is 28.0 Å². The van der Waals surface area contributed by atoms with Crippen LogP contribution in [-0.4, -0.2) is 40.6 Å². The summed E-state index contributed by atoms with van der Waals surface area (Å²) in [5, 5.41) is 1.60. The SMILES string of the molecule is FC(F)(F)C1(C(F)(F)F)N=C(c2ccccc2)N(C2CCCCC2)C(c2cccs2)=N1. The lowest BCUT2D eigenvalue weighted by molar-refractivity contribution is -0.293. The molecule has 3 nitrogen and oxygen atoms in total. The molecule has 0 N–H and O–H groups in total. The van der Waals surface area contributed by atoms with Crippen molar-refractivity contribution in [2.24, 2.45) is 9.98 Å². The molecule has 1 fully saturated rings. The van der Waals surface area contributed by atoms with Crippen molar-refractivity contribution in [1.82, 2.24) is 4.90 Å². The Morgan fingerprint density at radius 2 is 1.42 bits per heavy atom. The fourth-order valence-corrected chi connectivity index (χ4v) is 4.72. The van der Waals surface area contributed by atoms with Gasteiger partial charge >= 0.3 is 18.0 Å². The van der Waals surface area contributed by atoms with Crippen molar-refractivity contribution < 1.29 is 26.3 Å². The standard InChI is InChI=1S/C21H19F6N3S/c22-20(23,24)19(21(25,26)27)28-17(14-8-3-1-4-9-14)30(15-10-5-2-6-11-15)18(29-19)16-12-7-13-31-16/h1,3-4,7-9,12-13,15H,2,5-6,10-11H2. The maximum atomic E-state index is 14.0. The van der Waals surface area contributed by atoms with E-state index in [1.54, 1.807) is 29.6 Å². The third-order valence-corrected chi connectivity index (χ3v) is 6.36. The molecule has 1 aliphatic carbocycles. The predicted octanol–water partition coefficient (Wildman–Crippen LogP) is 6.41. The van der Waals surface area contributed by atoms with E-state index in [0.717, 1.165) is 30.6 Å². The highest BCUT2D eigenvalue weighted by atomic mass is 32.1. The third kappa shape index (κ3) is 3.86. The number of benzene rings is 1. The Kier molecular flexibility index (Phi) is 5.61. The average Bonchev–Trinajstić information content (AvgIpc) is 3.27. The Hall–Kier alpha value is -2.36. The molecule has 4 rings (SSSR count). The van der Waals surface area contributed by atoms with Crippen LogP contribution in [0.5, 0.6) is 0 Å². The molecule has 2 heterocycles. The van der Waals surface area contributed by atoms with E-state index in [-0.39, 0.29) is 28.2 Å². The van der Waals surface area contributed by atoms with Crippen LogP contribution < -0.4 is 0 Å². The first-order valence-electron chi connectivity index (χ1n) is 9.86. The molecule has 31 heavy (non-hydrogen) atoms. The summed E-state index contributed by atoms with van der Waals surface area (Å²) in [5.74, 6) is -0.675. The lowest BCUT2D eigenvalue weighted by Gasteiger charge is -2.43. The van der Waals surface area contributed by atoms with Gasteiger partial charge in [0.15, 0.2) is 0 Å². The Balaban J connectivity index is 2.01. The van der Waals surface area contributed by atoms with Crippen LogP contribution in [0, 0.1) is 0 Å². The Morgan fingerprint density at radius 3 is 1.97 bits per heavy atom. The minimum absolute atomic E-state index is 0.190. The van der Waals surface area contributed by atoms with E-state index < -0.39 is 18.0 Å². The number of alkyl halides is 6. The summed E-state index contributed by atoms with van der Waals surface area (Å²) in [5.41, 5.74) is -4.37. The van der Waals surface area contributed by atoms with Crippen LogP contribution >= 0.6 is 11.3 Å². The van der Waals surface area contributed by atoms with Crippen LogP contribution in [0.4, 0.5) is 26.3 Å². The van der Waals surface area contributed by atoms with Crippen molar-refractivity contribution in [2.75, 3.05) is 0 Å². The molecule has 0 spiro atoms.